The van der Waals surface area contributed by atoms with Gasteiger partial charge in [-0.1, -0.05) is 24.8 Å². The number of aliphatic hydroxyl groups is 1. The highest BCUT2D eigenvalue weighted by Crippen LogP contribution is 2.39. The van der Waals surface area contributed by atoms with Crippen molar-refractivity contribution in [2.45, 2.75) is 20.3 Å². The van der Waals surface area contributed by atoms with Crippen molar-refractivity contribution in [1.29, 1.82) is 0 Å². The zero-order valence-electron chi connectivity index (χ0n) is 13.6. The smallest absolute Gasteiger partial charge is 0.344 e. The fourth-order valence-corrected chi connectivity index (χ4v) is 3.52. The third-order valence-electron chi connectivity index (χ3n) is 3.17. The molecule has 0 unspecified atom stereocenters. The van der Waals surface area contributed by atoms with Crippen LogP contribution in [0.25, 0.3) is 6.08 Å². The van der Waals surface area contributed by atoms with Gasteiger partial charge in [-0.3, -0.25) is 4.79 Å². The molecule has 0 atom stereocenters. The summed E-state index contributed by atoms with van der Waals surface area (Å²) in [5.41, 5.74) is 0.621. The number of hydrogen-bond acceptors (Lipinski definition) is 6. The number of phenols is 1. The minimum Gasteiger partial charge on any atom is -0.507 e. The van der Waals surface area contributed by atoms with Crippen LogP contribution >= 0.6 is 34.4 Å². The lowest BCUT2D eigenvalue weighted by atomic mass is 10.1. The second kappa shape index (κ2) is 8.52. The van der Waals surface area contributed by atoms with Crippen LogP contribution in [0.1, 0.15) is 25.8 Å². The molecular weight excluding hydrogens is 457 g/mol. The Morgan fingerprint density at radius 2 is 2.04 bits per heavy atom. The van der Waals surface area contributed by atoms with Gasteiger partial charge in [-0.05, 0) is 53.3 Å². The normalized spacial score (nSPS) is 17.4. The molecule has 6 nitrogen and oxygen atoms in total. The predicted octanol–water partition coefficient (Wildman–Crippen LogP) is 3.79. The number of aromatic hydroxyl groups is 1. The molecule has 1 amide bonds. The number of phenolic OH excluding ortho intramolecular Hbond substituents is 1. The van der Waals surface area contributed by atoms with Crippen LogP contribution in [0.15, 0.2) is 39.4 Å². The molecule has 0 aromatic heterocycles. The minimum atomic E-state index is -0.723. The number of amides is 1. The molecule has 132 valence electrons. The number of halogens is 1. The van der Waals surface area contributed by atoms with Gasteiger partial charge in [0.05, 0.1) is 15.1 Å². The molecule has 2 N–H and O–H groups in total. The minimum absolute atomic E-state index is 0.103. The lowest BCUT2D eigenvalue weighted by molar-refractivity contribution is -0.138. The number of hydrogen-bond donors (Lipinski definition) is 2. The molecule has 1 heterocycles. The summed E-state index contributed by atoms with van der Waals surface area (Å²) >= 11 is 3.02. The molecule has 0 saturated carbocycles. The van der Waals surface area contributed by atoms with E-state index in [-0.39, 0.29) is 35.2 Å². The molecule has 1 aromatic rings. The molecule has 0 spiro atoms. The van der Waals surface area contributed by atoms with Gasteiger partial charge < -0.3 is 14.9 Å². The topological polar surface area (TPSA) is 96.2 Å². The molecule has 0 fully saturated rings. The van der Waals surface area contributed by atoms with E-state index < -0.39 is 11.9 Å². The van der Waals surface area contributed by atoms with Crippen molar-refractivity contribution >= 4 is 57.3 Å². The van der Waals surface area contributed by atoms with Gasteiger partial charge in [0.15, 0.2) is 0 Å². The third kappa shape index (κ3) is 4.63. The van der Waals surface area contributed by atoms with E-state index >= 15 is 0 Å². The van der Waals surface area contributed by atoms with Crippen LogP contribution in [0.5, 0.6) is 5.75 Å². The van der Waals surface area contributed by atoms with Crippen molar-refractivity contribution in [2.75, 3.05) is 6.61 Å². The average Bonchev–Trinajstić information content (AvgIpc) is 2.86. The third-order valence-corrected chi connectivity index (χ3v) is 5.05. The number of rotatable bonds is 4. The molecule has 25 heavy (non-hydrogen) atoms. The largest absolute Gasteiger partial charge is 0.507 e. The summed E-state index contributed by atoms with van der Waals surface area (Å²) < 4.78 is 5.60. The van der Waals surface area contributed by atoms with Gasteiger partial charge >= 0.3 is 5.97 Å². The number of aliphatic imine (C=N–C) groups is 1. The van der Waals surface area contributed by atoms with E-state index in [1.54, 1.807) is 32.1 Å². The first-order valence-electron chi connectivity index (χ1n) is 7.48. The summed E-state index contributed by atoms with van der Waals surface area (Å²) in [5, 5.41) is 20.1. The first-order chi connectivity index (χ1) is 11.9. The monoisotopic (exact) mass is 473 g/mol. The highest BCUT2D eigenvalue weighted by atomic mass is 127. The maximum Gasteiger partial charge on any atom is 0.344 e. The Bertz CT molecular complexity index is 813. The maximum atomic E-state index is 12.1. The molecule has 0 saturated heterocycles. The second-order valence-electron chi connectivity index (χ2n) is 4.93. The molecule has 1 aliphatic heterocycles. The number of esters is 1. The first-order valence-corrected chi connectivity index (χ1v) is 9.37. The van der Waals surface area contributed by atoms with Crippen LogP contribution in [0.2, 0.25) is 0 Å². The van der Waals surface area contributed by atoms with Gasteiger partial charge in [-0.25, -0.2) is 9.79 Å². The van der Waals surface area contributed by atoms with E-state index in [4.69, 9.17) is 4.74 Å². The van der Waals surface area contributed by atoms with Crippen LogP contribution in [-0.2, 0) is 14.3 Å². The predicted molar refractivity (Wildman–Crippen MR) is 105 cm³/mol. The zero-order chi connectivity index (χ0) is 18.6. The van der Waals surface area contributed by atoms with Crippen LogP contribution in [0.3, 0.4) is 0 Å². The number of carbonyl (C=O) groups excluding carboxylic acids is 2. The molecule has 8 heteroatoms. The van der Waals surface area contributed by atoms with E-state index in [2.05, 4.69) is 4.99 Å². The molecule has 2 rings (SSSR count). The average molecular weight is 473 g/mol. The fraction of sp³-hybridized carbons (Fsp3) is 0.235. The van der Waals surface area contributed by atoms with E-state index in [0.29, 0.717) is 8.48 Å². The van der Waals surface area contributed by atoms with Crippen molar-refractivity contribution < 1.29 is 24.5 Å². The van der Waals surface area contributed by atoms with E-state index in [1.807, 2.05) is 22.6 Å². The Labute approximate surface area is 162 Å². The molecule has 0 bridgehead atoms. The van der Waals surface area contributed by atoms with Crippen molar-refractivity contribution in [3.8, 4) is 5.75 Å². The maximum absolute atomic E-state index is 12.1. The standard InChI is InChI=1S/C17H16INO5S/c1-3-13(21)19-16-14(17(23)24-4-2)15(22)12(25-16)8-9-5-6-11(20)10(18)7-9/h5-8,20,22H,3-4H2,1-2H3/b12-8-,19-16?. The Hall–Kier alpha value is -1.81. The van der Waals surface area contributed by atoms with Gasteiger partial charge in [0, 0.05) is 6.42 Å². The molecular formula is C17H16INO5S. The van der Waals surface area contributed by atoms with Crippen LogP contribution in [0.4, 0.5) is 0 Å². The van der Waals surface area contributed by atoms with Gasteiger partial charge in [-0.15, -0.1) is 0 Å². The van der Waals surface area contributed by atoms with Gasteiger partial charge in [0.1, 0.15) is 22.1 Å². The summed E-state index contributed by atoms with van der Waals surface area (Å²) in [6, 6.07) is 4.94. The van der Waals surface area contributed by atoms with Crippen molar-refractivity contribution in [1.82, 2.24) is 0 Å². The summed E-state index contributed by atoms with van der Waals surface area (Å²) in [5.74, 6) is -1.23. The summed E-state index contributed by atoms with van der Waals surface area (Å²) in [6.45, 7) is 3.46. The van der Waals surface area contributed by atoms with Crippen molar-refractivity contribution in [3.63, 3.8) is 0 Å². The van der Waals surface area contributed by atoms with E-state index in [9.17, 15) is 19.8 Å². The Kier molecular flexibility index (Phi) is 6.65. The highest BCUT2D eigenvalue weighted by molar-refractivity contribution is 14.1. The molecule has 1 aliphatic rings. The van der Waals surface area contributed by atoms with Gasteiger partial charge in [-0.2, -0.15) is 0 Å². The molecule has 0 aliphatic carbocycles. The summed E-state index contributed by atoms with van der Waals surface area (Å²) in [4.78, 5) is 28.0. The van der Waals surface area contributed by atoms with E-state index in [1.165, 1.54) is 6.07 Å². The summed E-state index contributed by atoms with van der Waals surface area (Å²) in [7, 11) is 0. The van der Waals surface area contributed by atoms with Crippen LogP contribution < -0.4 is 0 Å². The van der Waals surface area contributed by atoms with Crippen LogP contribution in [-0.4, -0.2) is 33.7 Å². The Morgan fingerprint density at radius 1 is 1.32 bits per heavy atom. The second-order valence-corrected chi connectivity index (χ2v) is 7.12. The number of benzene rings is 1. The van der Waals surface area contributed by atoms with Crippen molar-refractivity contribution in [3.05, 3.63) is 43.6 Å². The zero-order valence-corrected chi connectivity index (χ0v) is 16.6. The molecule has 0 radical (unpaired) electrons. The first kappa shape index (κ1) is 19.5. The Morgan fingerprint density at radius 3 is 2.64 bits per heavy atom. The number of thioether (sulfide) groups is 1. The van der Waals surface area contributed by atoms with E-state index in [0.717, 1.165) is 17.3 Å². The lowest BCUT2D eigenvalue weighted by Gasteiger charge is -2.02. The van der Waals surface area contributed by atoms with Gasteiger partial charge in [0.2, 0.25) is 5.91 Å². The SMILES string of the molecule is CCOC(=O)C1=C(O)/C(=C/c2ccc(O)c(I)c2)SC1=NC(=O)CC. The fourth-order valence-electron chi connectivity index (χ4n) is 1.95. The number of aliphatic hydroxyl groups excluding tert-OH is 1. The van der Waals surface area contributed by atoms with Crippen LogP contribution in [0, 0.1) is 3.57 Å². The number of ether oxygens (including phenoxy) is 1. The van der Waals surface area contributed by atoms with Crippen molar-refractivity contribution in [2.24, 2.45) is 4.99 Å². The summed E-state index contributed by atoms with van der Waals surface area (Å²) in [6.07, 6.45) is 1.84. The Balaban J connectivity index is 2.48. The number of carbonyl (C=O) groups is 2. The molecule has 1 aromatic carbocycles. The highest BCUT2D eigenvalue weighted by Gasteiger charge is 2.33. The van der Waals surface area contributed by atoms with Gasteiger partial charge in [0.25, 0.3) is 0 Å². The quantitative estimate of drug-likeness (QED) is 0.511. The lowest BCUT2D eigenvalue weighted by Crippen LogP contribution is -2.14. The number of nitrogens with zero attached hydrogens (tertiary/aromatic N) is 1.